The summed E-state index contributed by atoms with van der Waals surface area (Å²) < 4.78 is 19.0. The van der Waals surface area contributed by atoms with Crippen molar-refractivity contribution in [2.75, 3.05) is 32.1 Å². The number of carbonyl (C=O) groups is 3. The summed E-state index contributed by atoms with van der Waals surface area (Å²) in [6.45, 7) is 1.67. The van der Waals surface area contributed by atoms with Crippen molar-refractivity contribution in [1.29, 1.82) is 0 Å². The molecule has 1 heterocycles. The number of hydrogen-bond donors (Lipinski definition) is 2. The Morgan fingerprint density at radius 1 is 1.16 bits per heavy atom. The number of para-hydroxylation sites is 1. The zero-order chi connectivity index (χ0) is 23.1. The van der Waals surface area contributed by atoms with E-state index in [-0.39, 0.29) is 11.1 Å². The number of carbonyl (C=O) groups excluding carboxylic acids is 1. The lowest BCUT2D eigenvalue weighted by Gasteiger charge is -2.22. The number of anilines is 1. The van der Waals surface area contributed by atoms with Crippen molar-refractivity contribution in [1.82, 2.24) is 4.90 Å². The highest BCUT2D eigenvalue weighted by Gasteiger charge is 2.25. The lowest BCUT2D eigenvalue weighted by molar-refractivity contribution is -0.159. The summed E-state index contributed by atoms with van der Waals surface area (Å²) in [5.41, 5.74) is 2.20. The molecule has 1 aliphatic rings. The van der Waals surface area contributed by atoms with Gasteiger partial charge in [-0.25, -0.2) is 18.8 Å². The average molecular weight is 453 g/mol. The van der Waals surface area contributed by atoms with Gasteiger partial charge >= 0.3 is 18.0 Å². The first-order valence-corrected chi connectivity index (χ1v) is 9.61. The molecule has 0 bridgehead atoms. The van der Waals surface area contributed by atoms with Gasteiger partial charge in [-0.15, -0.1) is 0 Å². The Bertz CT molecular complexity index is 959. The lowest BCUT2D eigenvalue weighted by Crippen LogP contribution is -2.32. The molecule has 31 heavy (non-hydrogen) atoms. The number of amides is 1. The van der Waals surface area contributed by atoms with E-state index in [2.05, 4.69) is 4.90 Å². The zero-order valence-electron chi connectivity index (χ0n) is 16.9. The molecule has 0 aromatic heterocycles. The summed E-state index contributed by atoms with van der Waals surface area (Å²) >= 11 is 5.90. The van der Waals surface area contributed by atoms with Crippen molar-refractivity contribution in [3.63, 3.8) is 0 Å². The van der Waals surface area contributed by atoms with E-state index in [4.69, 9.17) is 36.1 Å². The Hall–Kier alpha value is -3.17. The molecule has 1 aliphatic heterocycles. The van der Waals surface area contributed by atoms with Crippen molar-refractivity contribution >= 4 is 35.3 Å². The number of rotatable bonds is 3. The van der Waals surface area contributed by atoms with E-state index < -0.39 is 23.8 Å². The molecule has 1 amide bonds. The van der Waals surface area contributed by atoms with Crippen LogP contribution < -0.4 is 4.90 Å². The third kappa shape index (κ3) is 6.66. The third-order valence-corrected chi connectivity index (χ3v) is 4.86. The number of halogens is 2. The van der Waals surface area contributed by atoms with Crippen molar-refractivity contribution in [2.24, 2.45) is 0 Å². The second kappa shape index (κ2) is 10.7. The SMILES string of the molecule is CN1CC[C@@H](OC(=O)N(C)c2ccccc2-c2ccc(F)c(Cl)c2)C1.O=C(O)C(=O)O. The molecule has 3 rings (SSSR count). The van der Waals surface area contributed by atoms with Gasteiger partial charge in [-0.2, -0.15) is 0 Å². The van der Waals surface area contributed by atoms with E-state index in [9.17, 15) is 9.18 Å². The number of benzene rings is 2. The van der Waals surface area contributed by atoms with Crippen LogP contribution in [0.4, 0.5) is 14.9 Å². The Morgan fingerprint density at radius 2 is 1.81 bits per heavy atom. The first-order valence-electron chi connectivity index (χ1n) is 9.23. The lowest BCUT2D eigenvalue weighted by atomic mass is 10.0. The summed E-state index contributed by atoms with van der Waals surface area (Å²) in [7, 11) is 3.68. The minimum absolute atomic E-state index is 0.0477. The monoisotopic (exact) mass is 452 g/mol. The number of likely N-dealkylation sites (tertiary alicyclic amines) is 1. The molecule has 1 atom stereocenters. The van der Waals surface area contributed by atoms with Crippen LogP contribution in [0.5, 0.6) is 0 Å². The molecular weight excluding hydrogens is 431 g/mol. The van der Waals surface area contributed by atoms with Crippen molar-refractivity contribution in [2.45, 2.75) is 12.5 Å². The maximum absolute atomic E-state index is 13.4. The van der Waals surface area contributed by atoms with Gasteiger partial charge in [0.15, 0.2) is 0 Å². The van der Waals surface area contributed by atoms with Crippen LogP contribution >= 0.6 is 11.6 Å². The topological polar surface area (TPSA) is 107 Å². The van der Waals surface area contributed by atoms with Gasteiger partial charge in [0.25, 0.3) is 0 Å². The second-order valence-corrected chi connectivity index (χ2v) is 7.28. The van der Waals surface area contributed by atoms with Crippen LogP contribution in [0.15, 0.2) is 42.5 Å². The van der Waals surface area contributed by atoms with Crippen LogP contribution in [0, 0.1) is 5.82 Å². The summed E-state index contributed by atoms with van der Waals surface area (Å²) in [4.78, 5) is 34.3. The fraction of sp³-hybridized carbons (Fsp3) is 0.286. The molecule has 1 fully saturated rings. The number of ether oxygens (including phenoxy) is 1. The van der Waals surface area contributed by atoms with Crippen LogP contribution in [0.1, 0.15) is 6.42 Å². The van der Waals surface area contributed by atoms with Crippen LogP contribution in [-0.4, -0.2) is 66.4 Å². The molecule has 0 radical (unpaired) electrons. The zero-order valence-corrected chi connectivity index (χ0v) is 17.7. The van der Waals surface area contributed by atoms with Crippen molar-refractivity contribution in [3.05, 3.63) is 53.3 Å². The van der Waals surface area contributed by atoms with Crippen LogP contribution in [0.2, 0.25) is 5.02 Å². The minimum atomic E-state index is -1.82. The number of nitrogens with zero attached hydrogens (tertiary/aromatic N) is 2. The molecule has 0 aliphatic carbocycles. The molecule has 0 saturated carbocycles. The maximum Gasteiger partial charge on any atom is 0.414 e. The van der Waals surface area contributed by atoms with Gasteiger partial charge in [-0.1, -0.05) is 35.9 Å². The van der Waals surface area contributed by atoms with Crippen LogP contribution in [-0.2, 0) is 14.3 Å². The van der Waals surface area contributed by atoms with Gasteiger partial charge in [-0.05, 0) is 37.2 Å². The quantitative estimate of drug-likeness (QED) is 0.685. The number of likely N-dealkylation sites (N-methyl/N-ethyl adjacent to an activating group) is 1. The van der Waals surface area contributed by atoms with Crippen LogP contribution in [0.3, 0.4) is 0 Å². The van der Waals surface area contributed by atoms with Gasteiger partial charge in [0.2, 0.25) is 0 Å². The highest BCUT2D eigenvalue weighted by Crippen LogP contribution is 2.33. The fourth-order valence-electron chi connectivity index (χ4n) is 2.98. The van der Waals surface area contributed by atoms with E-state index in [1.165, 1.54) is 11.0 Å². The maximum atomic E-state index is 13.4. The van der Waals surface area contributed by atoms with E-state index in [1.54, 1.807) is 19.2 Å². The van der Waals surface area contributed by atoms with E-state index >= 15 is 0 Å². The third-order valence-electron chi connectivity index (χ3n) is 4.57. The first kappa shape index (κ1) is 24.1. The average Bonchev–Trinajstić information content (AvgIpc) is 3.14. The number of carboxylic acid groups (broad SMARTS) is 2. The molecule has 8 nitrogen and oxygen atoms in total. The number of carboxylic acids is 2. The molecule has 166 valence electrons. The molecule has 2 aromatic carbocycles. The van der Waals surface area contributed by atoms with Crippen molar-refractivity contribution in [3.8, 4) is 11.1 Å². The molecule has 0 spiro atoms. The van der Waals surface area contributed by atoms with Gasteiger partial charge in [0.1, 0.15) is 11.9 Å². The normalized spacial score (nSPS) is 15.5. The van der Waals surface area contributed by atoms with Gasteiger partial charge in [-0.3, -0.25) is 4.90 Å². The Balaban J connectivity index is 0.000000501. The largest absolute Gasteiger partial charge is 0.473 e. The highest BCUT2D eigenvalue weighted by atomic mass is 35.5. The first-order chi connectivity index (χ1) is 14.6. The van der Waals surface area contributed by atoms with Gasteiger partial charge in [0, 0.05) is 25.7 Å². The predicted molar refractivity (Wildman–Crippen MR) is 113 cm³/mol. The van der Waals surface area contributed by atoms with Crippen LogP contribution in [0.25, 0.3) is 11.1 Å². The number of aliphatic carboxylic acids is 2. The van der Waals surface area contributed by atoms with E-state index in [1.807, 2.05) is 31.3 Å². The van der Waals surface area contributed by atoms with E-state index in [0.717, 1.165) is 30.6 Å². The standard InChI is InChI=1S/C19H20ClFN2O2.C2H2O4/c1-22-10-9-14(12-22)25-19(24)23(2)18-6-4-3-5-15(18)13-7-8-17(21)16(20)11-13;3-1(4)2(5)6/h3-8,11,14H,9-10,12H2,1-2H3;(H,3,4)(H,5,6)/t14-;/m1./s1. The summed E-state index contributed by atoms with van der Waals surface area (Å²) in [5.74, 6) is -4.12. The Morgan fingerprint density at radius 3 is 2.35 bits per heavy atom. The van der Waals surface area contributed by atoms with Gasteiger partial charge in [0.05, 0.1) is 10.7 Å². The van der Waals surface area contributed by atoms with Gasteiger partial charge < -0.3 is 19.8 Å². The molecule has 2 N–H and O–H groups in total. The molecule has 1 saturated heterocycles. The predicted octanol–water partition coefficient (Wildman–Crippen LogP) is 3.58. The summed E-state index contributed by atoms with van der Waals surface area (Å²) in [5, 5.41) is 14.8. The van der Waals surface area contributed by atoms with Crippen molar-refractivity contribution < 1.29 is 33.7 Å². The Labute approximate surface area is 183 Å². The number of hydrogen-bond acceptors (Lipinski definition) is 5. The van der Waals surface area contributed by atoms with E-state index in [0.29, 0.717) is 5.69 Å². The smallest absolute Gasteiger partial charge is 0.414 e. The molecule has 10 heteroatoms. The second-order valence-electron chi connectivity index (χ2n) is 6.87. The highest BCUT2D eigenvalue weighted by molar-refractivity contribution is 6.31. The Kier molecular flexibility index (Phi) is 8.35. The minimum Gasteiger partial charge on any atom is -0.473 e. The molecular formula is C21H22ClFN2O6. The summed E-state index contributed by atoms with van der Waals surface area (Å²) in [6, 6.07) is 11.9. The molecule has 0 unspecified atom stereocenters. The molecule has 2 aromatic rings. The summed E-state index contributed by atoms with van der Waals surface area (Å²) in [6.07, 6.45) is 0.346. The fourth-order valence-corrected chi connectivity index (χ4v) is 3.17.